The number of halogens is 1. The Labute approximate surface area is 115 Å². The lowest BCUT2D eigenvalue weighted by Crippen LogP contribution is -2.41. The molecular weight excluding hydrogens is 296 g/mol. The average Bonchev–Trinajstić information content (AvgIpc) is 2.13. The summed E-state index contributed by atoms with van der Waals surface area (Å²) in [7, 11) is 0. The monoisotopic (exact) mass is 312 g/mol. The highest BCUT2D eigenvalue weighted by molar-refractivity contribution is 9.10. The zero-order chi connectivity index (χ0) is 13.9. The van der Waals surface area contributed by atoms with Crippen LogP contribution in [0.3, 0.4) is 0 Å². The van der Waals surface area contributed by atoms with Crippen LogP contribution in [-0.4, -0.2) is 22.2 Å². The predicted molar refractivity (Wildman–Crippen MR) is 73.5 cm³/mol. The van der Waals surface area contributed by atoms with E-state index in [0.29, 0.717) is 11.3 Å². The second kappa shape index (κ2) is 5.61. The summed E-state index contributed by atoms with van der Waals surface area (Å²) < 4.78 is 0.756. The van der Waals surface area contributed by atoms with Crippen molar-refractivity contribution in [2.24, 2.45) is 0 Å². The van der Waals surface area contributed by atoms with Gasteiger partial charge in [0.2, 0.25) is 0 Å². The van der Waals surface area contributed by atoms with Crippen LogP contribution in [0.1, 0.15) is 43.7 Å². The normalized spacial score (nSPS) is 11.2. The maximum Gasteiger partial charge on any atom is 0.270 e. The van der Waals surface area contributed by atoms with E-state index in [1.807, 2.05) is 20.8 Å². The second-order valence-corrected chi connectivity index (χ2v) is 6.16. The van der Waals surface area contributed by atoms with Crippen molar-refractivity contribution < 1.29 is 9.59 Å². The predicted octanol–water partition coefficient (Wildman–Crippen LogP) is 2.50. The van der Waals surface area contributed by atoms with Crippen LogP contribution in [0.25, 0.3) is 0 Å². The van der Waals surface area contributed by atoms with Crippen molar-refractivity contribution in [1.82, 2.24) is 10.3 Å². The third kappa shape index (κ3) is 4.56. The lowest BCUT2D eigenvalue weighted by Gasteiger charge is -2.21. The molecule has 0 aliphatic rings. The van der Waals surface area contributed by atoms with Gasteiger partial charge in [0.1, 0.15) is 11.5 Å². The molecule has 5 heteroatoms. The van der Waals surface area contributed by atoms with Gasteiger partial charge in [0, 0.05) is 22.6 Å². The average molecular weight is 313 g/mol. The Morgan fingerprint density at radius 2 is 2.00 bits per heavy atom. The fourth-order valence-corrected chi connectivity index (χ4v) is 1.87. The van der Waals surface area contributed by atoms with Crippen molar-refractivity contribution in [3.05, 3.63) is 28.0 Å². The Morgan fingerprint density at radius 3 is 2.50 bits per heavy atom. The Morgan fingerprint density at radius 1 is 1.39 bits per heavy atom. The lowest BCUT2D eigenvalue weighted by molar-refractivity contribution is -0.116. The first-order valence-corrected chi connectivity index (χ1v) is 6.45. The molecule has 0 aromatic carbocycles. The van der Waals surface area contributed by atoms with E-state index in [-0.39, 0.29) is 23.7 Å². The minimum absolute atomic E-state index is 0.000270. The van der Waals surface area contributed by atoms with Crippen LogP contribution in [0.15, 0.2) is 16.7 Å². The zero-order valence-corrected chi connectivity index (χ0v) is 12.6. The number of aromatic nitrogens is 1. The van der Waals surface area contributed by atoms with E-state index in [1.165, 1.54) is 6.92 Å². The summed E-state index contributed by atoms with van der Waals surface area (Å²) in [5.41, 5.74) is 0.612. The molecule has 4 nitrogen and oxygen atoms in total. The van der Waals surface area contributed by atoms with Gasteiger partial charge in [-0.05, 0) is 55.3 Å². The molecule has 0 aliphatic heterocycles. The molecule has 0 saturated heterocycles. The minimum atomic E-state index is -0.334. The molecule has 0 bridgehead atoms. The summed E-state index contributed by atoms with van der Waals surface area (Å²) in [6.07, 6.45) is 1.76. The van der Waals surface area contributed by atoms with Crippen molar-refractivity contribution in [2.75, 3.05) is 0 Å². The van der Waals surface area contributed by atoms with Gasteiger partial charge in [-0.1, -0.05) is 0 Å². The first-order valence-electron chi connectivity index (χ1n) is 5.65. The third-order valence-corrected chi connectivity index (χ3v) is 2.51. The van der Waals surface area contributed by atoms with Crippen LogP contribution >= 0.6 is 15.9 Å². The van der Waals surface area contributed by atoms with Crippen LogP contribution in [-0.2, 0) is 11.2 Å². The number of nitrogens with zero attached hydrogens (tertiary/aromatic N) is 1. The Hall–Kier alpha value is -1.23. The van der Waals surface area contributed by atoms with Crippen molar-refractivity contribution >= 4 is 27.6 Å². The van der Waals surface area contributed by atoms with E-state index in [1.54, 1.807) is 12.3 Å². The molecule has 1 N–H and O–H groups in total. The Bertz CT molecular complexity index is 478. The van der Waals surface area contributed by atoms with Crippen molar-refractivity contribution in [2.45, 2.75) is 39.7 Å². The summed E-state index contributed by atoms with van der Waals surface area (Å²) in [5.74, 6) is -0.258. The molecule has 0 radical (unpaired) electrons. The maximum atomic E-state index is 12.1. The van der Waals surface area contributed by atoms with E-state index < -0.39 is 0 Å². The number of ketones is 1. The zero-order valence-electron chi connectivity index (χ0n) is 11.0. The quantitative estimate of drug-likeness (QED) is 0.933. The van der Waals surface area contributed by atoms with Crippen LogP contribution in [0.5, 0.6) is 0 Å². The molecule has 1 rings (SSSR count). The summed E-state index contributed by atoms with van der Waals surface area (Å²) in [5, 5.41) is 2.84. The lowest BCUT2D eigenvalue weighted by atomic mass is 10.1. The van der Waals surface area contributed by atoms with Gasteiger partial charge in [-0.2, -0.15) is 0 Å². The van der Waals surface area contributed by atoms with Crippen molar-refractivity contribution in [3.8, 4) is 0 Å². The Kier molecular flexibility index (Phi) is 4.62. The molecule has 0 aliphatic carbocycles. The molecule has 0 atom stereocenters. The van der Waals surface area contributed by atoms with Gasteiger partial charge in [0.05, 0.1) is 0 Å². The van der Waals surface area contributed by atoms with E-state index in [0.717, 1.165) is 4.47 Å². The molecule has 1 heterocycles. The number of carbonyl (C=O) groups is 2. The molecule has 18 heavy (non-hydrogen) atoms. The molecule has 1 aromatic rings. The largest absolute Gasteiger partial charge is 0.346 e. The summed E-state index contributed by atoms with van der Waals surface area (Å²) in [6.45, 7) is 7.18. The van der Waals surface area contributed by atoms with Gasteiger partial charge in [-0.25, -0.2) is 4.98 Å². The molecule has 0 unspecified atom stereocenters. The van der Waals surface area contributed by atoms with Crippen LogP contribution in [0.4, 0.5) is 0 Å². The van der Waals surface area contributed by atoms with Gasteiger partial charge in [-0.3, -0.25) is 9.59 Å². The summed E-state index contributed by atoms with van der Waals surface area (Å²) in [4.78, 5) is 27.4. The maximum absolute atomic E-state index is 12.1. The molecule has 0 fully saturated rings. The highest BCUT2D eigenvalue weighted by Crippen LogP contribution is 2.16. The van der Waals surface area contributed by atoms with Crippen LogP contribution in [0, 0.1) is 0 Å². The standard InChI is InChI=1S/C13H17BrN2O2/c1-8(17)5-9-6-10(14)7-15-11(9)12(18)16-13(2,3)4/h6-7H,5H2,1-4H3,(H,16,18). The van der Waals surface area contributed by atoms with Crippen molar-refractivity contribution in [1.29, 1.82) is 0 Å². The number of pyridine rings is 1. The van der Waals surface area contributed by atoms with E-state index in [4.69, 9.17) is 0 Å². The third-order valence-electron chi connectivity index (χ3n) is 2.08. The number of rotatable bonds is 3. The highest BCUT2D eigenvalue weighted by atomic mass is 79.9. The SMILES string of the molecule is CC(=O)Cc1cc(Br)cnc1C(=O)NC(C)(C)C. The second-order valence-electron chi connectivity index (χ2n) is 5.24. The van der Waals surface area contributed by atoms with Gasteiger partial charge in [0.15, 0.2) is 0 Å². The molecule has 1 amide bonds. The molecular formula is C13H17BrN2O2. The first kappa shape index (κ1) is 14.8. The fourth-order valence-electron chi connectivity index (χ4n) is 1.49. The van der Waals surface area contributed by atoms with Gasteiger partial charge in [-0.15, -0.1) is 0 Å². The minimum Gasteiger partial charge on any atom is -0.346 e. The Balaban J connectivity index is 3.07. The summed E-state index contributed by atoms with van der Waals surface area (Å²) >= 11 is 3.29. The number of Topliss-reactive ketones (excluding diaryl/α,β-unsaturated/α-hetero) is 1. The molecule has 0 saturated carbocycles. The molecule has 1 aromatic heterocycles. The number of carbonyl (C=O) groups excluding carboxylic acids is 2. The number of nitrogens with one attached hydrogen (secondary N) is 1. The topological polar surface area (TPSA) is 59.1 Å². The van der Waals surface area contributed by atoms with Gasteiger partial charge >= 0.3 is 0 Å². The smallest absolute Gasteiger partial charge is 0.270 e. The number of hydrogen-bond acceptors (Lipinski definition) is 3. The number of hydrogen-bond donors (Lipinski definition) is 1. The van der Waals surface area contributed by atoms with E-state index >= 15 is 0 Å². The number of amides is 1. The van der Waals surface area contributed by atoms with E-state index in [9.17, 15) is 9.59 Å². The summed E-state index contributed by atoms with van der Waals surface area (Å²) in [6, 6.07) is 1.76. The fraction of sp³-hybridized carbons (Fsp3) is 0.462. The van der Waals surface area contributed by atoms with Gasteiger partial charge in [0.25, 0.3) is 5.91 Å². The van der Waals surface area contributed by atoms with Crippen LogP contribution < -0.4 is 5.32 Å². The molecule has 0 spiro atoms. The first-order chi connectivity index (χ1) is 8.19. The van der Waals surface area contributed by atoms with Crippen molar-refractivity contribution in [3.63, 3.8) is 0 Å². The highest BCUT2D eigenvalue weighted by Gasteiger charge is 2.19. The van der Waals surface area contributed by atoms with Gasteiger partial charge < -0.3 is 5.32 Å². The van der Waals surface area contributed by atoms with E-state index in [2.05, 4.69) is 26.2 Å². The molecule has 98 valence electrons. The van der Waals surface area contributed by atoms with Crippen LogP contribution in [0.2, 0.25) is 0 Å².